The van der Waals surface area contributed by atoms with Crippen molar-refractivity contribution >= 4 is 33.1 Å². The van der Waals surface area contributed by atoms with Crippen molar-refractivity contribution in [2.75, 3.05) is 0 Å². The zero-order valence-electron chi connectivity index (χ0n) is 8.64. The van der Waals surface area contributed by atoms with Crippen molar-refractivity contribution < 1.29 is 0 Å². The van der Waals surface area contributed by atoms with E-state index >= 15 is 0 Å². The van der Waals surface area contributed by atoms with Crippen molar-refractivity contribution in [3.8, 4) is 5.69 Å². The second-order valence-electron chi connectivity index (χ2n) is 3.37. The van der Waals surface area contributed by atoms with Gasteiger partial charge in [0.15, 0.2) is 0 Å². The molecule has 1 heterocycles. The normalized spacial score (nSPS) is 10.4. The van der Waals surface area contributed by atoms with E-state index in [2.05, 4.69) is 20.9 Å². The van der Waals surface area contributed by atoms with Gasteiger partial charge in [-0.25, -0.2) is 4.98 Å². The van der Waals surface area contributed by atoms with Gasteiger partial charge < -0.3 is 10.3 Å². The molecule has 2 rings (SSSR count). The van der Waals surface area contributed by atoms with Crippen LogP contribution in [0.5, 0.6) is 0 Å². The van der Waals surface area contributed by atoms with E-state index in [1.807, 2.05) is 35.9 Å². The van der Waals surface area contributed by atoms with Crippen LogP contribution in [0, 0.1) is 6.92 Å². The first-order valence-electron chi connectivity index (χ1n) is 4.69. The third-order valence-corrected chi connectivity index (χ3v) is 3.19. The molecule has 0 saturated heterocycles. The van der Waals surface area contributed by atoms with Crippen LogP contribution in [-0.4, -0.2) is 14.5 Å². The highest BCUT2D eigenvalue weighted by Crippen LogP contribution is 2.23. The van der Waals surface area contributed by atoms with E-state index in [0.29, 0.717) is 4.99 Å². The number of imidazole rings is 1. The minimum atomic E-state index is 0.398. The average Bonchev–Trinajstić information content (AvgIpc) is 2.64. The molecule has 2 N–H and O–H groups in total. The summed E-state index contributed by atoms with van der Waals surface area (Å²) in [7, 11) is 0. The van der Waals surface area contributed by atoms with Crippen LogP contribution < -0.4 is 5.73 Å². The maximum Gasteiger partial charge on any atom is 0.110 e. The zero-order chi connectivity index (χ0) is 11.7. The standard InChI is InChI=1S/C11H10BrN3S/c1-7-14-4-5-15(7)10-3-2-8(11(13)16)6-9(10)12/h2-6H,1H3,(H2,13,16). The Morgan fingerprint density at radius 3 is 2.75 bits per heavy atom. The summed E-state index contributed by atoms with van der Waals surface area (Å²) in [5.74, 6) is 0.934. The van der Waals surface area contributed by atoms with Crippen LogP contribution in [0.25, 0.3) is 5.69 Å². The molecule has 0 saturated carbocycles. The monoisotopic (exact) mass is 295 g/mol. The molecule has 0 aliphatic heterocycles. The van der Waals surface area contributed by atoms with Gasteiger partial charge in [0.1, 0.15) is 10.8 Å². The molecular formula is C11H10BrN3S. The van der Waals surface area contributed by atoms with Crippen molar-refractivity contribution in [3.05, 3.63) is 46.5 Å². The van der Waals surface area contributed by atoms with Crippen LogP contribution in [0.4, 0.5) is 0 Å². The van der Waals surface area contributed by atoms with E-state index < -0.39 is 0 Å². The van der Waals surface area contributed by atoms with E-state index in [4.69, 9.17) is 18.0 Å². The van der Waals surface area contributed by atoms with Gasteiger partial charge in [0.25, 0.3) is 0 Å². The largest absolute Gasteiger partial charge is 0.389 e. The van der Waals surface area contributed by atoms with Crippen LogP contribution >= 0.6 is 28.1 Å². The van der Waals surface area contributed by atoms with Gasteiger partial charge in [-0.05, 0) is 41.1 Å². The molecule has 5 heteroatoms. The van der Waals surface area contributed by atoms with E-state index in [9.17, 15) is 0 Å². The Morgan fingerprint density at radius 1 is 1.50 bits per heavy atom. The fourth-order valence-corrected chi connectivity index (χ4v) is 2.18. The van der Waals surface area contributed by atoms with Gasteiger partial charge in [0.2, 0.25) is 0 Å². The number of hydrogen-bond donors (Lipinski definition) is 1. The SMILES string of the molecule is Cc1nccn1-c1ccc(C(N)=S)cc1Br. The topological polar surface area (TPSA) is 43.8 Å². The molecule has 2 aromatic rings. The number of halogens is 1. The maximum atomic E-state index is 5.57. The fourth-order valence-electron chi connectivity index (χ4n) is 1.49. The molecule has 0 aliphatic carbocycles. The second kappa shape index (κ2) is 4.35. The summed E-state index contributed by atoms with van der Waals surface area (Å²) >= 11 is 8.44. The number of benzene rings is 1. The van der Waals surface area contributed by atoms with E-state index in [0.717, 1.165) is 21.5 Å². The number of aromatic nitrogens is 2. The number of thiocarbonyl (C=S) groups is 1. The molecule has 0 spiro atoms. The highest BCUT2D eigenvalue weighted by Gasteiger charge is 2.06. The summed E-state index contributed by atoms with van der Waals surface area (Å²) < 4.78 is 2.94. The van der Waals surface area contributed by atoms with Crippen molar-refractivity contribution in [3.63, 3.8) is 0 Å². The molecule has 3 nitrogen and oxygen atoms in total. The minimum absolute atomic E-state index is 0.398. The number of hydrogen-bond acceptors (Lipinski definition) is 2. The summed E-state index contributed by atoms with van der Waals surface area (Å²) in [6, 6.07) is 5.78. The summed E-state index contributed by atoms with van der Waals surface area (Å²) in [6.45, 7) is 1.95. The Balaban J connectivity index is 2.52. The molecule has 16 heavy (non-hydrogen) atoms. The van der Waals surface area contributed by atoms with Gasteiger partial charge >= 0.3 is 0 Å². The third kappa shape index (κ3) is 2.01. The van der Waals surface area contributed by atoms with Gasteiger partial charge in [0, 0.05) is 22.4 Å². The molecule has 0 aliphatic rings. The summed E-state index contributed by atoms with van der Waals surface area (Å²) in [5.41, 5.74) is 7.45. The fraction of sp³-hybridized carbons (Fsp3) is 0.0909. The third-order valence-electron chi connectivity index (χ3n) is 2.32. The Morgan fingerprint density at radius 2 is 2.25 bits per heavy atom. The van der Waals surface area contributed by atoms with Crippen molar-refractivity contribution in [2.45, 2.75) is 6.92 Å². The second-order valence-corrected chi connectivity index (χ2v) is 4.67. The number of nitrogens with two attached hydrogens (primary N) is 1. The Bertz CT molecular complexity index is 548. The first-order chi connectivity index (χ1) is 7.59. The summed E-state index contributed by atoms with van der Waals surface area (Å²) in [5, 5.41) is 0. The van der Waals surface area contributed by atoms with E-state index in [-0.39, 0.29) is 0 Å². The first-order valence-corrected chi connectivity index (χ1v) is 5.89. The highest BCUT2D eigenvalue weighted by molar-refractivity contribution is 9.10. The van der Waals surface area contributed by atoms with Gasteiger partial charge in [-0.1, -0.05) is 12.2 Å². The van der Waals surface area contributed by atoms with Gasteiger partial charge in [-0.3, -0.25) is 0 Å². The molecule has 0 radical (unpaired) electrons. The lowest BCUT2D eigenvalue weighted by Gasteiger charge is -2.09. The van der Waals surface area contributed by atoms with Crippen molar-refractivity contribution in [1.82, 2.24) is 9.55 Å². The number of rotatable bonds is 2. The molecular weight excluding hydrogens is 286 g/mol. The van der Waals surface area contributed by atoms with Crippen LogP contribution in [0.3, 0.4) is 0 Å². The van der Waals surface area contributed by atoms with Crippen molar-refractivity contribution in [1.29, 1.82) is 0 Å². The molecule has 0 amide bonds. The van der Waals surface area contributed by atoms with Gasteiger partial charge in [-0.2, -0.15) is 0 Å². The predicted molar refractivity (Wildman–Crippen MR) is 71.9 cm³/mol. The lowest BCUT2D eigenvalue weighted by atomic mass is 10.2. The van der Waals surface area contributed by atoms with Crippen LogP contribution in [0.15, 0.2) is 35.1 Å². The van der Waals surface area contributed by atoms with E-state index in [1.54, 1.807) is 6.20 Å². The molecule has 0 fully saturated rings. The van der Waals surface area contributed by atoms with Gasteiger partial charge in [-0.15, -0.1) is 0 Å². The molecule has 82 valence electrons. The van der Waals surface area contributed by atoms with Crippen LogP contribution in [0.1, 0.15) is 11.4 Å². The smallest absolute Gasteiger partial charge is 0.110 e. The van der Waals surface area contributed by atoms with Gasteiger partial charge in [0.05, 0.1) is 5.69 Å². The molecule has 0 atom stereocenters. The Hall–Kier alpha value is -1.20. The quantitative estimate of drug-likeness (QED) is 0.866. The van der Waals surface area contributed by atoms with E-state index in [1.165, 1.54) is 0 Å². The Kier molecular flexibility index (Phi) is 3.07. The average molecular weight is 296 g/mol. The minimum Gasteiger partial charge on any atom is -0.389 e. The van der Waals surface area contributed by atoms with Crippen LogP contribution in [-0.2, 0) is 0 Å². The molecule has 0 bridgehead atoms. The lowest BCUT2D eigenvalue weighted by molar-refractivity contribution is 0.969. The predicted octanol–water partition coefficient (Wildman–Crippen LogP) is 2.58. The first kappa shape index (κ1) is 11.3. The number of aryl methyl sites for hydroxylation is 1. The van der Waals surface area contributed by atoms with Crippen molar-refractivity contribution in [2.24, 2.45) is 5.73 Å². The Labute approximate surface area is 107 Å². The summed E-state index contributed by atoms with van der Waals surface area (Å²) in [6.07, 6.45) is 3.68. The molecule has 1 aromatic carbocycles. The maximum absolute atomic E-state index is 5.57. The van der Waals surface area contributed by atoms with Crippen LogP contribution in [0.2, 0.25) is 0 Å². The zero-order valence-corrected chi connectivity index (χ0v) is 11.0. The highest BCUT2D eigenvalue weighted by atomic mass is 79.9. The molecule has 0 unspecified atom stereocenters. The summed E-state index contributed by atoms with van der Waals surface area (Å²) in [4.78, 5) is 4.58. The lowest BCUT2D eigenvalue weighted by Crippen LogP contribution is -2.09. The molecule has 1 aromatic heterocycles. The number of nitrogens with zero attached hydrogens (tertiary/aromatic N) is 2.